The average molecular weight is 444 g/mol. The number of rotatable bonds is 4. The van der Waals surface area contributed by atoms with E-state index in [4.69, 9.17) is 10.8 Å². The molecule has 2 aliphatic carbocycles. The molecule has 3 heterocycles. The van der Waals surface area contributed by atoms with E-state index in [9.17, 15) is 4.79 Å². The Balaban J connectivity index is 1.20. The standard InChI is InChI=1S/C24H37N5OS/c1-16-21-15-22(31-24(21)29(27-16)20-5-3-2-4-6-20)23(30)26-18-7-9-19(10-8-18)28-13-11-17(25)12-14-28/h15,17-20H,2-14,25H2,1H3,(H,26,30)/t18-,19-. The van der Waals surface area contributed by atoms with Gasteiger partial charge in [0, 0.05) is 23.5 Å². The molecule has 0 bridgehead atoms. The molecule has 7 heteroatoms. The van der Waals surface area contributed by atoms with E-state index in [0.29, 0.717) is 24.2 Å². The predicted octanol–water partition coefficient (Wildman–Crippen LogP) is 4.38. The van der Waals surface area contributed by atoms with Crippen molar-refractivity contribution in [3.05, 3.63) is 16.6 Å². The molecule has 2 aromatic rings. The highest BCUT2D eigenvalue weighted by Crippen LogP contribution is 2.35. The van der Waals surface area contributed by atoms with E-state index in [0.717, 1.165) is 54.7 Å². The van der Waals surface area contributed by atoms with Gasteiger partial charge in [-0.2, -0.15) is 5.10 Å². The fourth-order valence-electron chi connectivity index (χ4n) is 5.88. The van der Waals surface area contributed by atoms with Crippen LogP contribution in [0.1, 0.15) is 92.0 Å². The molecule has 0 spiro atoms. The van der Waals surface area contributed by atoms with Crippen LogP contribution in [-0.2, 0) is 0 Å². The van der Waals surface area contributed by atoms with Gasteiger partial charge in [-0.25, -0.2) is 0 Å². The van der Waals surface area contributed by atoms with Crippen LogP contribution in [0.3, 0.4) is 0 Å². The van der Waals surface area contributed by atoms with Crippen molar-refractivity contribution in [2.24, 2.45) is 5.73 Å². The minimum absolute atomic E-state index is 0.100. The number of nitrogens with zero attached hydrogens (tertiary/aromatic N) is 3. The molecule has 1 aliphatic heterocycles. The number of hydrogen-bond acceptors (Lipinski definition) is 5. The fraction of sp³-hybridized carbons (Fsp3) is 0.750. The third-order valence-electron chi connectivity index (χ3n) is 7.83. The van der Waals surface area contributed by atoms with Crippen molar-refractivity contribution < 1.29 is 4.79 Å². The molecule has 0 aromatic carbocycles. The number of thiophene rings is 1. The number of hydrogen-bond donors (Lipinski definition) is 2. The summed E-state index contributed by atoms with van der Waals surface area (Å²) in [4.78, 5) is 17.7. The first kappa shape index (κ1) is 21.4. The molecule has 3 N–H and O–H groups in total. The van der Waals surface area contributed by atoms with Crippen molar-refractivity contribution in [3.8, 4) is 0 Å². The van der Waals surface area contributed by atoms with Crippen LogP contribution in [0.15, 0.2) is 6.07 Å². The van der Waals surface area contributed by atoms with E-state index < -0.39 is 0 Å². The molecule has 2 saturated carbocycles. The molecule has 0 radical (unpaired) electrons. The van der Waals surface area contributed by atoms with Gasteiger partial charge in [-0.1, -0.05) is 19.3 Å². The lowest BCUT2D eigenvalue weighted by atomic mass is 9.88. The van der Waals surface area contributed by atoms with Gasteiger partial charge in [0.25, 0.3) is 5.91 Å². The Labute approximate surface area is 189 Å². The lowest BCUT2D eigenvalue weighted by molar-refractivity contribution is 0.0883. The van der Waals surface area contributed by atoms with Gasteiger partial charge < -0.3 is 16.0 Å². The number of carbonyl (C=O) groups excluding carboxylic acids is 1. The van der Waals surface area contributed by atoms with Gasteiger partial charge in [0.2, 0.25) is 0 Å². The summed E-state index contributed by atoms with van der Waals surface area (Å²) in [6.45, 7) is 4.36. The molecular weight excluding hydrogens is 406 g/mol. The normalized spacial score (nSPS) is 27.0. The van der Waals surface area contributed by atoms with E-state index in [1.807, 2.05) is 0 Å². The van der Waals surface area contributed by atoms with Gasteiger partial charge in [0.1, 0.15) is 4.83 Å². The number of aromatic nitrogens is 2. The second kappa shape index (κ2) is 9.20. The number of amides is 1. The van der Waals surface area contributed by atoms with Gasteiger partial charge in [0.05, 0.1) is 16.6 Å². The van der Waals surface area contributed by atoms with Gasteiger partial charge in [-0.15, -0.1) is 11.3 Å². The summed E-state index contributed by atoms with van der Waals surface area (Å²) in [6.07, 6.45) is 13.1. The molecule has 2 aromatic heterocycles. The van der Waals surface area contributed by atoms with E-state index in [1.54, 1.807) is 11.3 Å². The van der Waals surface area contributed by atoms with Gasteiger partial charge in [-0.3, -0.25) is 9.48 Å². The third kappa shape index (κ3) is 4.55. The maximum absolute atomic E-state index is 13.0. The highest BCUT2D eigenvalue weighted by molar-refractivity contribution is 7.20. The van der Waals surface area contributed by atoms with Crippen LogP contribution in [0, 0.1) is 6.92 Å². The maximum Gasteiger partial charge on any atom is 0.261 e. The van der Waals surface area contributed by atoms with Crippen LogP contribution in [0.5, 0.6) is 0 Å². The predicted molar refractivity (Wildman–Crippen MR) is 127 cm³/mol. The number of nitrogens with two attached hydrogens (primary N) is 1. The van der Waals surface area contributed by atoms with Crippen molar-refractivity contribution in [1.82, 2.24) is 20.0 Å². The summed E-state index contributed by atoms with van der Waals surface area (Å²) >= 11 is 1.63. The zero-order valence-electron chi connectivity index (χ0n) is 18.8. The Hall–Kier alpha value is -1.44. The number of likely N-dealkylation sites (tertiary alicyclic amines) is 1. The first-order valence-electron chi connectivity index (χ1n) is 12.4. The number of fused-ring (bicyclic) bond motifs is 1. The number of piperidine rings is 1. The summed E-state index contributed by atoms with van der Waals surface area (Å²) in [7, 11) is 0. The topological polar surface area (TPSA) is 76.2 Å². The zero-order valence-corrected chi connectivity index (χ0v) is 19.6. The number of carbonyl (C=O) groups is 1. The lowest BCUT2D eigenvalue weighted by Gasteiger charge is -2.40. The second-order valence-electron chi connectivity index (χ2n) is 10.0. The van der Waals surface area contributed by atoms with E-state index in [2.05, 4.69) is 27.9 Å². The van der Waals surface area contributed by atoms with Crippen LogP contribution in [0.4, 0.5) is 0 Å². The molecule has 0 unspecified atom stereocenters. The van der Waals surface area contributed by atoms with E-state index >= 15 is 0 Å². The Morgan fingerprint density at radius 2 is 1.74 bits per heavy atom. The van der Waals surface area contributed by atoms with E-state index in [-0.39, 0.29) is 5.91 Å². The van der Waals surface area contributed by atoms with Crippen LogP contribution in [0.2, 0.25) is 0 Å². The molecule has 5 rings (SSSR count). The van der Waals surface area contributed by atoms with Gasteiger partial charge in [-0.05, 0) is 77.4 Å². The number of aryl methyl sites for hydroxylation is 1. The molecule has 3 aliphatic rings. The van der Waals surface area contributed by atoms with Gasteiger partial charge >= 0.3 is 0 Å². The molecule has 3 fully saturated rings. The summed E-state index contributed by atoms with van der Waals surface area (Å²) in [5.41, 5.74) is 7.11. The first-order valence-corrected chi connectivity index (χ1v) is 13.2. The Kier molecular flexibility index (Phi) is 6.35. The van der Waals surface area contributed by atoms with Crippen molar-refractivity contribution in [2.75, 3.05) is 13.1 Å². The Bertz CT molecular complexity index is 899. The van der Waals surface area contributed by atoms with Crippen molar-refractivity contribution in [3.63, 3.8) is 0 Å². The second-order valence-corrected chi connectivity index (χ2v) is 11.0. The monoisotopic (exact) mass is 443 g/mol. The Morgan fingerprint density at radius 1 is 1.03 bits per heavy atom. The maximum atomic E-state index is 13.0. The van der Waals surface area contributed by atoms with Crippen molar-refractivity contribution in [1.29, 1.82) is 0 Å². The molecule has 170 valence electrons. The van der Waals surface area contributed by atoms with Crippen LogP contribution < -0.4 is 11.1 Å². The Morgan fingerprint density at radius 3 is 2.45 bits per heavy atom. The molecule has 6 nitrogen and oxygen atoms in total. The molecule has 1 amide bonds. The largest absolute Gasteiger partial charge is 0.349 e. The third-order valence-corrected chi connectivity index (χ3v) is 8.96. The summed E-state index contributed by atoms with van der Waals surface area (Å²) in [5, 5.41) is 9.33. The van der Waals surface area contributed by atoms with Crippen LogP contribution in [0.25, 0.3) is 10.2 Å². The minimum atomic E-state index is 0.100. The first-order chi connectivity index (χ1) is 15.1. The highest BCUT2D eigenvalue weighted by atomic mass is 32.1. The summed E-state index contributed by atoms with van der Waals surface area (Å²) in [6, 6.07) is 3.94. The van der Waals surface area contributed by atoms with Gasteiger partial charge in [0.15, 0.2) is 0 Å². The van der Waals surface area contributed by atoms with Crippen molar-refractivity contribution >= 4 is 27.5 Å². The summed E-state index contributed by atoms with van der Waals surface area (Å²) < 4.78 is 2.22. The highest BCUT2D eigenvalue weighted by Gasteiger charge is 2.29. The average Bonchev–Trinajstić information content (AvgIpc) is 3.36. The van der Waals surface area contributed by atoms with Crippen LogP contribution >= 0.6 is 11.3 Å². The molecule has 31 heavy (non-hydrogen) atoms. The SMILES string of the molecule is Cc1nn(C2CCCCC2)c2sc(C(=O)N[C@H]3CC[C@H](N4CCC(N)CC4)CC3)cc12. The van der Waals surface area contributed by atoms with Crippen molar-refractivity contribution in [2.45, 2.75) is 102 Å². The molecular formula is C24H37N5OS. The fourth-order valence-corrected chi connectivity index (χ4v) is 7.02. The lowest BCUT2D eigenvalue weighted by Crippen LogP contribution is -2.48. The number of nitrogens with one attached hydrogen (secondary N) is 1. The quantitative estimate of drug-likeness (QED) is 0.735. The molecule has 1 saturated heterocycles. The molecule has 0 atom stereocenters. The summed E-state index contributed by atoms with van der Waals surface area (Å²) in [5.74, 6) is 0.100. The zero-order chi connectivity index (χ0) is 21.4. The smallest absolute Gasteiger partial charge is 0.261 e. The van der Waals surface area contributed by atoms with E-state index in [1.165, 1.54) is 49.8 Å². The minimum Gasteiger partial charge on any atom is -0.349 e. The van der Waals surface area contributed by atoms with Crippen LogP contribution in [-0.4, -0.2) is 51.8 Å².